The number of aromatic nitrogens is 4. The summed E-state index contributed by atoms with van der Waals surface area (Å²) in [6.07, 6.45) is 3.38. The molecule has 3 aromatic rings. The summed E-state index contributed by atoms with van der Waals surface area (Å²) >= 11 is 0. The number of rotatable bonds is 5. The van der Waals surface area contributed by atoms with E-state index in [4.69, 9.17) is 5.73 Å². The van der Waals surface area contributed by atoms with E-state index >= 15 is 0 Å². The maximum atomic E-state index is 5.76. The Morgan fingerprint density at radius 3 is 2.76 bits per heavy atom. The van der Waals surface area contributed by atoms with Crippen LogP contribution in [0, 0.1) is 0 Å². The van der Waals surface area contributed by atoms with Crippen LogP contribution in [0.25, 0.3) is 11.0 Å². The van der Waals surface area contributed by atoms with Crippen molar-refractivity contribution in [2.24, 2.45) is 12.8 Å². The Balaban J connectivity index is 1.99. The highest BCUT2D eigenvalue weighted by atomic mass is 15.3. The van der Waals surface area contributed by atoms with Crippen LogP contribution in [-0.4, -0.2) is 32.8 Å². The van der Waals surface area contributed by atoms with Crippen LogP contribution in [0.1, 0.15) is 5.56 Å². The standard InChI is InChI=1S/C15H18N6/c1-20-14-13(9-19-20)15(18-11-17-14)21(8-7-16)10-12-5-3-2-4-6-12/h2-6,9,11H,7-8,10,16H2,1H3. The van der Waals surface area contributed by atoms with Gasteiger partial charge in [0.1, 0.15) is 12.1 Å². The van der Waals surface area contributed by atoms with E-state index in [0.717, 1.165) is 29.9 Å². The minimum absolute atomic E-state index is 0.568. The van der Waals surface area contributed by atoms with Crippen molar-refractivity contribution in [2.75, 3.05) is 18.0 Å². The number of nitrogens with two attached hydrogens (primary N) is 1. The molecule has 0 aliphatic heterocycles. The minimum atomic E-state index is 0.568. The number of anilines is 1. The van der Waals surface area contributed by atoms with Gasteiger partial charge in [-0.2, -0.15) is 5.10 Å². The van der Waals surface area contributed by atoms with Crippen molar-refractivity contribution in [2.45, 2.75) is 6.54 Å². The maximum Gasteiger partial charge on any atom is 0.163 e. The van der Waals surface area contributed by atoms with E-state index in [-0.39, 0.29) is 0 Å². The third-order valence-corrected chi connectivity index (χ3v) is 3.42. The van der Waals surface area contributed by atoms with Crippen molar-refractivity contribution in [1.82, 2.24) is 19.7 Å². The molecule has 0 aliphatic rings. The van der Waals surface area contributed by atoms with E-state index < -0.39 is 0 Å². The summed E-state index contributed by atoms with van der Waals surface area (Å²) in [5, 5.41) is 5.21. The summed E-state index contributed by atoms with van der Waals surface area (Å²) in [5.41, 5.74) is 7.82. The molecule has 2 heterocycles. The van der Waals surface area contributed by atoms with Crippen LogP contribution in [0.5, 0.6) is 0 Å². The molecule has 0 bridgehead atoms. The maximum absolute atomic E-state index is 5.76. The zero-order valence-corrected chi connectivity index (χ0v) is 12.0. The van der Waals surface area contributed by atoms with Gasteiger partial charge in [0.25, 0.3) is 0 Å². The molecule has 0 radical (unpaired) electrons. The molecular formula is C15H18N6. The van der Waals surface area contributed by atoms with Crippen molar-refractivity contribution >= 4 is 16.9 Å². The van der Waals surface area contributed by atoms with Gasteiger partial charge < -0.3 is 10.6 Å². The third-order valence-electron chi connectivity index (χ3n) is 3.42. The lowest BCUT2D eigenvalue weighted by Gasteiger charge is -2.23. The van der Waals surface area contributed by atoms with E-state index in [1.807, 2.05) is 25.2 Å². The van der Waals surface area contributed by atoms with Gasteiger partial charge in [-0.15, -0.1) is 0 Å². The molecule has 3 rings (SSSR count). The second-order valence-corrected chi connectivity index (χ2v) is 4.90. The monoisotopic (exact) mass is 282 g/mol. The first-order valence-electron chi connectivity index (χ1n) is 6.91. The Hall–Kier alpha value is -2.47. The quantitative estimate of drug-likeness (QED) is 0.764. The SMILES string of the molecule is Cn1ncc2c(N(CCN)Cc3ccccc3)ncnc21. The molecular weight excluding hydrogens is 264 g/mol. The topological polar surface area (TPSA) is 72.9 Å². The number of hydrogen-bond acceptors (Lipinski definition) is 5. The van der Waals surface area contributed by atoms with Gasteiger partial charge in [-0.25, -0.2) is 9.97 Å². The van der Waals surface area contributed by atoms with Crippen molar-refractivity contribution in [3.63, 3.8) is 0 Å². The molecule has 0 amide bonds. The molecule has 6 heteroatoms. The Morgan fingerprint density at radius 1 is 1.19 bits per heavy atom. The van der Waals surface area contributed by atoms with Crippen LogP contribution < -0.4 is 10.6 Å². The Kier molecular flexibility index (Phi) is 3.79. The van der Waals surface area contributed by atoms with E-state index in [1.165, 1.54) is 5.56 Å². The van der Waals surface area contributed by atoms with Crippen LogP contribution in [0.4, 0.5) is 5.82 Å². The molecule has 2 N–H and O–H groups in total. The van der Waals surface area contributed by atoms with Gasteiger partial charge in [-0.1, -0.05) is 30.3 Å². The van der Waals surface area contributed by atoms with Crippen LogP contribution >= 0.6 is 0 Å². The molecule has 0 saturated carbocycles. The van der Waals surface area contributed by atoms with Gasteiger partial charge in [0, 0.05) is 26.7 Å². The third kappa shape index (κ3) is 2.71. The van der Waals surface area contributed by atoms with Gasteiger partial charge in [0.2, 0.25) is 0 Å². The highest BCUT2D eigenvalue weighted by Crippen LogP contribution is 2.23. The Morgan fingerprint density at radius 2 is 2.00 bits per heavy atom. The first-order valence-corrected chi connectivity index (χ1v) is 6.91. The second kappa shape index (κ2) is 5.88. The fourth-order valence-corrected chi connectivity index (χ4v) is 2.42. The lowest BCUT2D eigenvalue weighted by Crippen LogP contribution is -2.29. The first kappa shape index (κ1) is 13.5. The summed E-state index contributed by atoms with van der Waals surface area (Å²) in [4.78, 5) is 10.9. The molecule has 6 nitrogen and oxygen atoms in total. The van der Waals surface area contributed by atoms with Gasteiger partial charge in [0.05, 0.1) is 11.6 Å². The summed E-state index contributed by atoms with van der Waals surface area (Å²) in [6.45, 7) is 2.06. The van der Waals surface area contributed by atoms with Crippen molar-refractivity contribution in [3.8, 4) is 0 Å². The molecule has 0 atom stereocenters. The first-order chi connectivity index (χ1) is 10.3. The molecule has 0 saturated heterocycles. The number of fused-ring (bicyclic) bond motifs is 1. The van der Waals surface area contributed by atoms with E-state index in [9.17, 15) is 0 Å². The predicted molar refractivity (Wildman–Crippen MR) is 82.9 cm³/mol. The fourth-order valence-electron chi connectivity index (χ4n) is 2.42. The van der Waals surface area contributed by atoms with E-state index in [1.54, 1.807) is 17.2 Å². The van der Waals surface area contributed by atoms with Gasteiger partial charge in [-0.3, -0.25) is 4.68 Å². The average Bonchev–Trinajstić information content (AvgIpc) is 2.90. The Bertz CT molecular complexity index is 721. The summed E-state index contributed by atoms with van der Waals surface area (Å²) in [6, 6.07) is 10.3. The smallest absolute Gasteiger partial charge is 0.163 e. The van der Waals surface area contributed by atoms with Gasteiger partial charge in [0.15, 0.2) is 5.65 Å². The molecule has 0 spiro atoms. The lowest BCUT2D eigenvalue weighted by atomic mass is 10.2. The second-order valence-electron chi connectivity index (χ2n) is 4.90. The molecule has 0 aliphatic carbocycles. The lowest BCUT2D eigenvalue weighted by molar-refractivity contribution is 0.774. The molecule has 108 valence electrons. The van der Waals surface area contributed by atoms with E-state index in [2.05, 4.69) is 32.1 Å². The highest BCUT2D eigenvalue weighted by Gasteiger charge is 2.14. The summed E-state index contributed by atoms with van der Waals surface area (Å²) < 4.78 is 1.75. The summed E-state index contributed by atoms with van der Waals surface area (Å²) in [5.74, 6) is 0.877. The average molecular weight is 282 g/mol. The zero-order valence-electron chi connectivity index (χ0n) is 12.0. The Labute approximate surface area is 123 Å². The van der Waals surface area contributed by atoms with Gasteiger partial charge >= 0.3 is 0 Å². The van der Waals surface area contributed by atoms with Crippen molar-refractivity contribution in [3.05, 3.63) is 48.4 Å². The number of nitrogens with zero attached hydrogens (tertiary/aromatic N) is 5. The molecule has 2 aromatic heterocycles. The largest absolute Gasteiger partial charge is 0.350 e. The van der Waals surface area contributed by atoms with Crippen LogP contribution in [0.3, 0.4) is 0 Å². The van der Waals surface area contributed by atoms with Crippen LogP contribution in [-0.2, 0) is 13.6 Å². The molecule has 0 fully saturated rings. The number of hydrogen-bond donors (Lipinski definition) is 1. The van der Waals surface area contributed by atoms with Gasteiger partial charge in [-0.05, 0) is 5.56 Å². The van der Waals surface area contributed by atoms with Crippen molar-refractivity contribution < 1.29 is 0 Å². The molecule has 21 heavy (non-hydrogen) atoms. The summed E-state index contributed by atoms with van der Waals surface area (Å²) in [7, 11) is 1.88. The van der Waals surface area contributed by atoms with Crippen LogP contribution in [0.2, 0.25) is 0 Å². The highest BCUT2D eigenvalue weighted by molar-refractivity contribution is 5.86. The van der Waals surface area contributed by atoms with Crippen LogP contribution in [0.15, 0.2) is 42.9 Å². The number of aryl methyl sites for hydroxylation is 1. The molecule has 0 unspecified atom stereocenters. The minimum Gasteiger partial charge on any atom is -0.350 e. The number of benzene rings is 1. The normalized spacial score (nSPS) is 11.0. The van der Waals surface area contributed by atoms with E-state index in [0.29, 0.717) is 6.54 Å². The fraction of sp³-hybridized carbons (Fsp3) is 0.267. The molecule has 1 aromatic carbocycles. The van der Waals surface area contributed by atoms with Crippen molar-refractivity contribution in [1.29, 1.82) is 0 Å². The predicted octanol–water partition coefficient (Wildman–Crippen LogP) is 1.33. The zero-order chi connectivity index (χ0) is 14.7.